The Morgan fingerprint density at radius 2 is 2.00 bits per heavy atom. The second-order valence-corrected chi connectivity index (χ2v) is 5.17. The van der Waals surface area contributed by atoms with Gasteiger partial charge in [-0.3, -0.25) is 0 Å². The van der Waals surface area contributed by atoms with Crippen molar-refractivity contribution in [2.45, 2.75) is 6.61 Å². The number of nitrogens with zero attached hydrogens (tertiary/aromatic N) is 1. The highest BCUT2D eigenvalue weighted by atomic mass is 79.9. The van der Waals surface area contributed by atoms with Gasteiger partial charge in [0.15, 0.2) is 0 Å². The minimum absolute atomic E-state index is 0.357. The van der Waals surface area contributed by atoms with Crippen LogP contribution in [0.5, 0.6) is 0 Å². The van der Waals surface area contributed by atoms with E-state index in [1.54, 1.807) is 30.5 Å². The number of oxime groups is 1. The highest BCUT2D eigenvalue weighted by Gasteiger charge is 2.03. The Labute approximate surface area is 131 Å². The SMILES string of the molecule is COC(=O)c1ccc(/C=N/OCc2cccc(Br)c2)cc1. The fourth-order valence-corrected chi connectivity index (χ4v) is 2.11. The quantitative estimate of drug-likeness (QED) is 0.469. The number of rotatable bonds is 5. The molecule has 0 bridgehead atoms. The lowest BCUT2D eigenvalue weighted by molar-refractivity contribution is 0.0601. The Morgan fingerprint density at radius 1 is 1.24 bits per heavy atom. The van der Waals surface area contributed by atoms with Crippen LogP contribution in [-0.2, 0) is 16.2 Å². The van der Waals surface area contributed by atoms with Crippen molar-refractivity contribution in [1.29, 1.82) is 0 Å². The molecule has 0 aliphatic heterocycles. The van der Waals surface area contributed by atoms with E-state index < -0.39 is 0 Å². The van der Waals surface area contributed by atoms with E-state index in [4.69, 9.17) is 4.84 Å². The van der Waals surface area contributed by atoms with Gasteiger partial charge in [0, 0.05) is 4.47 Å². The largest absolute Gasteiger partial charge is 0.465 e. The van der Waals surface area contributed by atoms with Gasteiger partial charge in [0.05, 0.1) is 18.9 Å². The summed E-state index contributed by atoms with van der Waals surface area (Å²) in [7, 11) is 1.35. The zero-order chi connectivity index (χ0) is 15.1. The van der Waals surface area contributed by atoms with Gasteiger partial charge in [-0.2, -0.15) is 0 Å². The second kappa shape index (κ2) is 7.59. The highest BCUT2D eigenvalue weighted by Crippen LogP contribution is 2.12. The monoisotopic (exact) mass is 347 g/mol. The highest BCUT2D eigenvalue weighted by molar-refractivity contribution is 9.10. The number of hydrogen-bond donors (Lipinski definition) is 0. The summed E-state index contributed by atoms with van der Waals surface area (Å²) in [5, 5.41) is 3.90. The molecule has 108 valence electrons. The number of hydrogen-bond acceptors (Lipinski definition) is 4. The predicted octanol–water partition coefficient (Wildman–Crippen LogP) is 3.79. The summed E-state index contributed by atoms with van der Waals surface area (Å²) < 4.78 is 5.64. The number of carbonyl (C=O) groups excluding carboxylic acids is 1. The molecule has 0 fully saturated rings. The number of benzene rings is 2. The summed E-state index contributed by atoms with van der Waals surface area (Å²) >= 11 is 3.40. The van der Waals surface area contributed by atoms with Gasteiger partial charge >= 0.3 is 5.97 Å². The molecule has 0 amide bonds. The zero-order valence-electron chi connectivity index (χ0n) is 11.5. The fourth-order valence-electron chi connectivity index (χ4n) is 1.66. The smallest absolute Gasteiger partial charge is 0.337 e. The molecule has 0 aromatic heterocycles. The topological polar surface area (TPSA) is 47.9 Å². The number of methoxy groups -OCH3 is 1. The van der Waals surface area contributed by atoms with Crippen molar-refractivity contribution >= 4 is 28.1 Å². The molecule has 0 aliphatic rings. The maximum atomic E-state index is 11.3. The molecule has 2 rings (SSSR count). The second-order valence-electron chi connectivity index (χ2n) is 4.25. The van der Waals surface area contributed by atoms with Crippen LogP contribution in [0.2, 0.25) is 0 Å². The van der Waals surface area contributed by atoms with Crippen molar-refractivity contribution in [1.82, 2.24) is 0 Å². The van der Waals surface area contributed by atoms with E-state index in [2.05, 4.69) is 25.8 Å². The van der Waals surface area contributed by atoms with E-state index in [1.165, 1.54) is 7.11 Å². The molecule has 0 unspecified atom stereocenters. The molecule has 0 radical (unpaired) electrons. The lowest BCUT2D eigenvalue weighted by Gasteiger charge is -2.01. The summed E-state index contributed by atoms with van der Waals surface area (Å²) in [5.74, 6) is -0.357. The fraction of sp³-hybridized carbons (Fsp3) is 0.125. The molecule has 0 saturated carbocycles. The Bertz CT molecular complexity index is 638. The first-order valence-corrected chi connectivity index (χ1v) is 7.06. The molecular formula is C16H14BrNO3. The normalized spacial score (nSPS) is 10.6. The first-order chi connectivity index (χ1) is 10.2. The van der Waals surface area contributed by atoms with Crippen LogP contribution in [0.25, 0.3) is 0 Å². The standard InChI is InChI=1S/C16H14BrNO3/c1-20-16(19)14-7-5-12(6-8-14)10-18-21-11-13-3-2-4-15(17)9-13/h2-10H,11H2,1H3/b18-10+. The molecule has 0 atom stereocenters. The third-order valence-corrected chi connectivity index (χ3v) is 3.22. The molecule has 21 heavy (non-hydrogen) atoms. The summed E-state index contributed by atoms with van der Waals surface area (Å²) in [6.45, 7) is 0.399. The van der Waals surface area contributed by atoms with Crippen LogP contribution in [0.4, 0.5) is 0 Å². The summed E-state index contributed by atoms with van der Waals surface area (Å²) in [6, 6.07) is 14.7. The van der Waals surface area contributed by atoms with Gasteiger partial charge in [-0.25, -0.2) is 4.79 Å². The van der Waals surface area contributed by atoms with Gasteiger partial charge in [0.1, 0.15) is 6.61 Å². The number of carbonyl (C=O) groups is 1. The zero-order valence-corrected chi connectivity index (χ0v) is 13.0. The van der Waals surface area contributed by atoms with Crippen LogP contribution >= 0.6 is 15.9 Å². The number of ether oxygens (including phenoxy) is 1. The summed E-state index contributed by atoms with van der Waals surface area (Å²) in [5.41, 5.74) is 2.38. The van der Waals surface area contributed by atoms with Crippen LogP contribution in [-0.4, -0.2) is 19.3 Å². The Balaban J connectivity index is 1.88. The minimum atomic E-state index is -0.357. The van der Waals surface area contributed by atoms with Crippen molar-refractivity contribution in [3.05, 3.63) is 69.7 Å². The average molecular weight is 348 g/mol. The average Bonchev–Trinajstić information content (AvgIpc) is 2.51. The molecule has 4 nitrogen and oxygen atoms in total. The maximum Gasteiger partial charge on any atom is 0.337 e. The van der Waals surface area contributed by atoms with Crippen LogP contribution in [0, 0.1) is 0 Å². The van der Waals surface area contributed by atoms with Crippen LogP contribution in [0.15, 0.2) is 58.2 Å². The van der Waals surface area contributed by atoms with Gasteiger partial charge in [0.2, 0.25) is 0 Å². The molecule has 0 saturated heterocycles. The van der Waals surface area contributed by atoms with E-state index in [0.29, 0.717) is 12.2 Å². The van der Waals surface area contributed by atoms with E-state index in [9.17, 15) is 4.79 Å². The molecular weight excluding hydrogens is 334 g/mol. The molecule has 0 aliphatic carbocycles. The predicted molar refractivity (Wildman–Crippen MR) is 84.3 cm³/mol. The van der Waals surface area contributed by atoms with E-state index in [1.807, 2.05) is 24.3 Å². The molecule has 2 aromatic rings. The first-order valence-electron chi connectivity index (χ1n) is 6.27. The summed E-state index contributed by atoms with van der Waals surface area (Å²) in [4.78, 5) is 16.5. The van der Waals surface area contributed by atoms with Crippen LogP contribution in [0.3, 0.4) is 0 Å². The third kappa shape index (κ3) is 4.72. The van der Waals surface area contributed by atoms with Crippen LogP contribution < -0.4 is 0 Å². The van der Waals surface area contributed by atoms with Crippen molar-refractivity contribution in [3.8, 4) is 0 Å². The molecule has 0 spiro atoms. The Kier molecular flexibility index (Phi) is 5.51. The van der Waals surface area contributed by atoms with Crippen molar-refractivity contribution in [2.24, 2.45) is 5.16 Å². The van der Waals surface area contributed by atoms with E-state index in [0.717, 1.165) is 15.6 Å². The molecule has 0 N–H and O–H groups in total. The van der Waals surface area contributed by atoms with Crippen molar-refractivity contribution in [2.75, 3.05) is 7.11 Å². The minimum Gasteiger partial charge on any atom is -0.465 e. The molecule has 0 heterocycles. The molecule has 2 aromatic carbocycles. The van der Waals surface area contributed by atoms with Gasteiger partial charge in [0.25, 0.3) is 0 Å². The maximum absolute atomic E-state index is 11.3. The van der Waals surface area contributed by atoms with Gasteiger partial charge in [-0.1, -0.05) is 45.4 Å². The lowest BCUT2D eigenvalue weighted by Crippen LogP contribution is -2.00. The van der Waals surface area contributed by atoms with Gasteiger partial charge in [-0.15, -0.1) is 0 Å². The van der Waals surface area contributed by atoms with Gasteiger partial charge in [-0.05, 0) is 35.4 Å². The Hall–Kier alpha value is -2.14. The first kappa shape index (κ1) is 15.3. The van der Waals surface area contributed by atoms with E-state index >= 15 is 0 Å². The molecule has 5 heteroatoms. The third-order valence-electron chi connectivity index (χ3n) is 2.73. The van der Waals surface area contributed by atoms with Gasteiger partial charge < -0.3 is 9.57 Å². The van der Waals surface area contributed by atoms with E-state index in [-0.39, 0.29) is 5.97 Å². The van der Waals surface area contributed by atoms with Crippen molar-refractivity contribution < 1.29 is 14.4 Å². The van der Waals surface area contributed by atoms with Crippen molar-refractivity contribution in [3.63, 3.8) is 0 Å². The van der Waals surface area contributed by atoms with Crippen LogP contribution in [0.1, 0.15) is 21.5 Å². The summed E-state index contributed by atoms with van der Waals surface area (Å²) in [6.07, 6.45) is 1.60. The lowest BCUT2D eigenvalue weighted by atomic mass is 10.1. The number of esters is 1. The number of halogens is 1. The Morgan fingerprint density at radius 3 is 2.67 bits per heavy atom.